The maximum Gasteiger partial charge on any atom is 0.336 e. The number of aromatic nitrogens is 2. The Bertz CT molecular complexity index is 1260. The highest BCUT2D eigenvalue weighted by Gasteiger charge is 2.43. The number of nitrogens with zero attached hydrogens (tertiary/aromatic N) is 3. The predicted octanol–water partition coefficient (Wildman–Crippen LogP) is 5.47. The van der Waals surface area contributed by atoms with Crippen LogP contribution in [0.5, 0.6) is 0 Å². The molecule has 0 radical (unpaired) electrons. The Hall–Kier alpha value is -3.46. The Morgan fingerprint density at radius 2 is 1.74 bits per heavy atom. The summed E-state index contributed by atoms with van der Waals surface area (Å²) in [6.07, 6.45) is 6.65. The number of benzene rings is 2. The number of ether oxygens (including phenoxy) is 2. The maximum absolute atomic E-state index is 13.4. The van der Waals surface area contributed by atoms with Gasteiger partial charge in [-0.1, -0.05) is 47.5 Å². The van der Waals surface area contributed by atoms with Crippen molar-refractivity contribution >= 4 is 46.7 Å². The third kappa shape index (κ3) is 5.67. The quantitative estimate of drug-likeness (QED) is 0.276. The van der Waals surface area contributed by atoms with Crippen molar-refractivity contribution in [1.82, 2.24) is 15.3 Å². The lowest BCUT2D eigenvalue weighted by molar-refractivity contribution is -0.148. The van der Waals surface area contributed by atoms with Crippen LogP contribution >= 0.6 is 23.2 Å². The fourth-order valence-corrected chi connectivity index (χ4v) is 5.18. The van der Waals surface area contributed by atoms with E-state index in [9.17, 15) is 9.59 Å². The lowest BCUT2D eigenvalue weighted by Crippen LogP contribution is -2.52. The molecule has 1 aliphatic heterocycles. The lowest BCUT2D eigenvalue weighted by atomic mass is 9.85. The molecule has 2 aromatic carbocycles. The van der Waals surface area contributed by atoms with Gasteiger partial charge in [-0.25, -0.2) is 14.8 Å². The molecule has 0 bridgehead atoms. The fraction of sp³-hybridized carbons (Fsp3) is 0.286. The first-order chi connectivity index (χ1) is 18.4. The van der Waals surface area contributed by atoms with E-state index in [2.05, 4.69) is 26.8 Å². The van der Waals surface area contributed by atoms with Crippen LogP contribution in [-0.2, 0) is 19.8 Å². The summed E-state index contributed by atoms with van der Waals surface area (Å²) < 4.78 is 10.7. The molecule has 1 fully saturated rings. The average Bonchev–Trinajstić information content (AvgIpc) is 2.94. The summed E-state index contributed by atoms with van der Waals surface area (Å²) in [6, 6.07) is 14.0. The molecular weight excluding hydrogens is 527 g/mol. The second-order valence-electron chi connectivity index (χ2n) is 8.75. The van der Waals surface area contributed by atoms with Gasteiger partial charge in [-0.15, -0.1) is 6.58 Å². The van der Waals surface area contributed by atoms with E-state index in [1.807, 2.05) is 12.1 Å². The summed E-state index contributed by atoms with van der Waals surface area (Å²) in [6.45, 7) is 5.09. The van der Waals surface area contributed by atoms with Crippen molar-refractivity contribution in [3.8, 4) is 0 Å². The largest absolute Gasteiger partial charge is 0.467 e. The van der Waals surface area contributed by atoms with Gasteiger partial charge in [0.05, 0.1) is 22.7 Å². The van der Waals surface area contributed by atoms with Crippen LogP contribution in [0.25, 0.3) is 0 Å². The molecule has 4 rings (SSSR count). The van der Waals surface area contributed by atoms with Gasteiger partial charge >= 0.3 is 5.97 Å². The molecule has 3 aromatic rings. The molecule has 0 spiro atoms. The number of rotatable bonds is 9. The van der Waals surface area contributed by atoms with Crippen molar-refractivity contribution in [1.29, 1.82) is 0 Å². The van der Waals surface area contributed by atoms with Crippen LogP contribution < -0.4 is 10.2 Å². The van der Waals surface area contributed by atoms with Gasteiger partial charge in [0.1, 0.15) is 0 Å². The first kappa shape index (κ1) is 27.6. The average molecular weight is 555 g/mol. The van der Waals surface area contributed by atoms with Gasteiger partial charge in [-0.05, 0) is 48.7 Å². The summed E-state index contributed by atoms with van der Waals surface area (Å²) >= 11 is 12.5. The van der Waals surface area contributed by atoms with E-state index in [4.69, 9.17) is 32.7 Å². The molecule has 1 aliphatic rings. The van der Waals surface area contributed by atoms with E-state index in [1.165, 1.54) is 7.11 Å². The summed E-state index contributed by atoms with van der Waals surface area (Å²) in [5, 5.41) is 3.16. The zero-order valence-corrected chi connectivity index (χ0v) is 22.4. The second-order valence-corrected chi connectivity index (χ2v) is 9.56. The molecule has 1 amide bonds. The van der Waals surface area contributed by atoms with Crippen LogP contribution in [0.3, 0.4) is 0 Å². The van der Waals surface area contributed by atoms with E-state index in [-0.39, 0.29) is 28.1 Å². The highest BCUT2D eigenvalue weighted by Crippen LogP contribution is 2.34. The molecule has 0 unspecified atom stereocenters. The molecule has 2 heterocycles. The molecule has 10 heteroatoms. The second kappa shape index (κ2) is 12.4. The minimum atomic E-state index is -1.57. The zero-order valence-electron chi connectivity index (χ0n) is 20.9. The zero-order chi connectivity index (χ0) is 27.1. The first-order valence-electron chi connectivity index (χ1n) is 12.1. The summed E-state index contributed by atoms with van der Waals surface area (Å²) in [4.78, 5) is 37.6. The van der Waals surface area contributed by atoms with Crippen LogP contribution in [0.1, 0.15) is 35.2 Å². The Kier molecular flexibility index (Phi) is 8.99. The van der Waals surface area contributed by atoms with Crippen molar-refractivity contribution in [3.63, 3.8) is 0 Å². The Morgan fingerprint density at radius 1 is 1.11 bits per heavy atom. The van der Waals surface area contributed by atoms with Crippen molar-refractivity contribution in [3.05, 3.63) is 94.8 Å². The minimum Gasteiger partial charge on any atom is -0.467 e. The fourth-order valence-electron chi connectivity index (χ4n) is 4.61. The number of methoxy groups -OCH3 is 1. The molecule has 38 heavy (non-hydrogen) atoms. The maximum atomic E-state index is 13.4. The van der Waals surface area contributed by atoms with Crippen LogP contribution in [0.2, 0.25) is 10.0 Å². The van der Waals surface area contributed by atoms with Crippen molar-refractivity contribution in [2.45, 2.75) is 30.8 Å². The van der Waals surface area contributed by atoms with Gasteiger partial charge in [0.2, 0.25) is 5.95 Å². The number of halogens is 2. The number of anilines is 2. The van der Waals surface area contributed by atoms with Gasteiger partial charge < -0.3 is 19.7 Å². The summed E-state index contributed by atoms with van der Waals surface area (Å²) in [5.41, 5.74) is -0.159. The SMILES string of the molecule is C=CC[C@@](NC(=O)c1c(Cl)cccc1Cl)(C(=O)OC)c1ccc(N(c2ncccn2)C2CCOCC2)cc1. The van der Waals surface area contributed by atoms with Crippen LogP contribution in [-0.4, -0.2) is 48.2 Å². The number of carbonyl (C=O) groups excluding carboxylic acids is 2. The molecule has 0 saturated carbocycles. The first-order valence-corrected chi connectivity index (χ1v) is 12.9. The molecule has 1 aromatic heterocycles. The Morgan fingerprint density at radius 3 is 2.32 bits per heavy atom. The van der Waals surface area contributed by atoms with Gasteiger partial charge in [0.15, 0.2) is 5.54 Å². The summed E-state index contributed by atoms with van der Waals surface area (Å²) in [7, 11) is 1.27. The van der Waals surface area contributed by atoms with E-state index in [0.29, 0.717) is 24.7 Å². The molecule has 1 saturated heterocycles. The number of nitrogens with one attached hydrogen (secondary N) is 1. The number of esters is 1. The molecule has 1 atom stereocenters. The molecule has 1 N–H and O–H groups in total. The highest BCUT2D eigenvalue weighted by atomic mass is 35.5. The molecule has 0 aliphatic carbocycles. The van der Waals surface area contributed by atoms with Crippen molar-refractivity contribution in [2.75, 3.05) is 25.2 Å². The number of hydrogen-bond donors (Lipinski definition) is 1. The Balaban J connectivity index is 1.74. The highest BCUT2D eigenvalue weighted by molar-refractivity contribution is 6.39. The lowest BCUT2D eigenvalue weighted by Gasteiger charge is -2.35. The van der Waals surface area contributed by atoms with Crippen LogP contribution in [0.4, 0.5) is 11.6 Å². The van der Waals surface area contributed by atoms with Gasteiger partial charge in [-0.2, -0.15) is 0 Å². The van der Waals surface area contributed by atoms with Crippen LogP contribution in [0.15, 0.2) is 73.6 Å². The van der Waals surface area contributed by atoms with Gasteiger partial charge in [-0.3, -0.25) is 4.79 Å². The molecular formula is C28H28Cl2N4O4. The van der Waals surface area contributed by atoms with E-state index in [1.54, 1.807) is 54.9 Å². The van der Waals surface area contributed by atoms with Crippen molar-refractivity contribution < 1.29 is 19.1 Å². The number of amides is 1. The van der Waals surface area contributed by atoms with E-state index >= 15 is 0 Å². The minimum absolute atomic E-state index is 0.0664. The molecule has 198 valence electrons. The third-order valence-electron chi connectivity index (χ3n) is 6.46. The number of hydrogen-bond acceptors (Lipinski definition) is 7. The monoisotopic (exact) mass is 554 g/mol. The van der Waals surface area contributed by atoms with Gasteiger partial charge in [0.25, 0.3) is 5.91 Å². The smallest absolute Gasteiger partial charge is 0.336 e. The third-order valence-corrected chi connectivity index (χ3v) is 7.09. The molecule has 8 nitrogen and oxygen atoms in total. The summed E-state index contributed by atoms with van der Waals surface area (Å²) in [5.74, 6) is -0.702. The number of carbonyl (C=O) groups is 2. The normalized spacial score (nSPS) is 15.2. The van der Waals surface area contributed by atoms with Gasteiger partial charge in [0, 0.05) is 43.8 Å². The topological polar surface area (TPSA) is 93.7 Å². The predicted molar refractivity (Wildman–Crippen MR) is 147 cm³/mol. The Labute approximate surface area is 231 Å². The standard InChI is InChI=1S/C28H28Cl2N4O4/c1-3-14-28(26(36)37-2,33-25(35)24-22(29)6-4-7-23(24)30)19-8-10-20(11-9-19)34(21-12-17-38-18-13-21)27-31-15-5-16-32-27/h3-11,15-16,21H,1,12-14,17-18H2,2H3,(H,33,35)/t28-/m0/s1. The van der Waals surface area contributed by atoms with Crippen molar-refractivity contribution in [2.24, 2.45) is 0 Å². The van der Waals surface area contributed by atoms with Crippen LogP contribution in [0, 0.1) is 0 Å². The van der Waals surface area contributed by atoms with E-state index < -0.39 is 17.4 Å². The van der Waals surface area contributed by atoms with E-state index in [0.717, 1.165) is 18.5 Å².